The first-order chi connectivity index (χ1) is 22.8. The third-order valence-corrected chi connectivity index (χ3v) is 8.27. The van der Waals surface area contributed by atoms with Crippen LogP contribution in [0.1, 0.15) is 0 Å². The monoisotopic (exact) mass is 588 g/mol. The number of pyridine rings is 4. The molecule has 0 aliphatic heterocycles. The third-order valence-electron chi connectivity index (χ3n) is 8.27. The van der Waals surface area contributed by atoms with Gasteiger partial charge in [0.1, 0.15) is 0 Å². The minimum absolute atomic E-state index is 0.880. The van der Waals surface area contributed by atoms with Gasteiger partial charge in [-0.3, -0.25) is 9.97 Å². The molecule has 0 atom stereocenters. The summed E-state index contributed by atoms with van der Waals surface area (Å²) in [6, 6.07) is 50.4. The van der Waals surface area contributed by atoms with Gasteiger partial charge >= 0.3 is 0 Å². The standard InChI is InChI=1S/C42H28N4/c1-3-13-29(14-4-1)39-40(30-15-5-2-6-16-30)42(38-24-10-22-36(46-38)32-18-12-26-44-28-32)34-20-8-7-19-33(34)41(39)37-23-9-21-35(45-37)31-17-11-25-43-27-31/h1-28H. The topological polar surface area (TPSA) is 51.6 Å². The van der Waals surface area contributed by atoms with Crippen LogP contribution < -0.4 is 0 Å². The van der Waals surface area contributed by atoms with Crippen LogP contribution in [-0.4, -0.2) is 19.9 Å². The van der Waals surface area contributed by atoms with Crippen LogP contribution in [0.3, 0.4) is 0 Å². The number of nitrogens with zero attached hydrogens (tertiary/aromatic N) is 4. The maximum absolute atomic E-state index is 5.28. The van der Waals surface area contributed by atoms with Gasteiger partial charge in [0, 0.05) is 58.2 Å². The number of hydrogen-bond donors (Lipinski definition) is 0. The van der Waals surface area contributed by atoms with Gasteiger partial charge in [-0.1, -0.05) is 97.1 Å². The molecular weight excluding hydrogens is 560 g/mol. The van der Waals surface area contributed by atoms with Crippen LogP contribution in [0.5, 0.6) is 0 Å². The van der Waals surface area contributed by atoms with E-state index >= 15 is 0 Å². The average molecular weight is 589 g/mol. The first-order valence-electron chi connectivity index (χ1n) is 15.3. The van der Waals surface area contributed by atoms with Crippen LogP contribution in [0.2, 0.25) is 0 Å². The number of hydrogen-bond acceptors (Lipinski definition) is 4. The molecular formula is C42H28N4. The van der Waals surface area contributed by atoms with Crippen molar-refractivity contribution in [3.05, 3.63) is 170 Å². The molecule has 4 heterocycles. The molecule has 0 amide bonds. The second kappa shape index (κ2) is 12.0. The molecule has 8 rings (SSSR count). The van der Waals surface area contributed by atoms with E-state index in [2.05, 4.69) is 131 Å². The Labute approximate surface area is 267 Å². The Hall–Kier alpha value is -6.26. The lowest BCUT2D eigenvalue weighted by atomic mass is 9.80. The second-order valence-corrected chi connectivity index (χ2v) is 11.1. The minimum atomic E-state index is 0.880. The molecule has 0 spiro atoms. The Balaban J connectivity index is 1.52. The fourth-order valence-electron chi connectivity index (χ4n) is 6.26. The summed E-state index contributed by atoms with van der Waals surface area (Å²) in [4.78, 5) is 19.3. The molecule has 216 valence electrons. The van der Waals surface area contributed by atoms with Crippen LogP contribution in [0.15, 0.2) is 170 Å². The van der Waals surface area contributed by atoms with E-state index in [0.717, 1.165) is 78.1 Å². The maximum atomic E-state index is 5.28. The Morgan fingerprint density at radius 2 is 0.674 bits per heavy atom. The summed E-state index contributed by atoms with van der Waals surface area (Å²) in [5.74, 6) is 0. The molecule has 4 heteroatoms. The normalized spacial score (nSPS) is 11.0. The molecule has 0 aliphatic rings. The maximum Gasteiger partial charge on any atom is 0.0725 e. The zero-order chi connectivity index (χ0) is 30.7. The van der Waals surface area contributed by atoms with Gasteiger partial charge in [-0.15, -0.1) is 0 Å². The fraction of sp³-hybridized carbons (Fsp3) is 0. The SMILES string of the molecule is c1ccc(-c2c(-c3ccccc3)c(-c3cccc(-c4cccnc4)n3)c3ccccc3c2-c2cccc(-c3cccnc3)n2)cc1. The van der Waals surface area contributed by atoms with Crippen LogP contribution >= 0.6 is 0 Å². The summed E-state index contributed by atoms with van der Waals surface area (Å²) in [7, 11) is 0. The summed E-state index contributed by atoms with van der Waals surface area (Å²) in [5, 5.41) is 2.22. The molecule has 4 nitrogen and oxygen atoms in total. The van der Waals surface area contributed by atoms with Crippen molar-refractivity contribution in [1.82, 2.24) is 19.9 Å². The molecule has 0 fully saturated rings. The van der Waals surface area contributed by atoms with Crippen molar-refractivity contribution in [2.75, 3.05) is 0 Å². The van der Waals surface area contributed by atoms with E-state index in [1.807, 2.05) is 36.7 Å². The largest absolute Gasteiger partial charge is 0.264 e. The third kappa shape index (κ3) is 5.02. The highest BCUT2D eigenvalue weighted by molar-refractivity contribution is 6.17. The smallest absolute Gasteiger partial charge is 0.0725 e. The number of rotatable bonds is 6. The summed E-state index contributed by atoms with van der Waals surface area (Å²) < 4.78 is 0. The summed E-state index contributed by atoms with van der Waals surface area (Å²) in [6.07, 6.45) is 7.30. The first-order valence-corrected chi connectivity index (χ1v) is 15.3. The number of aromatic nitrogens is 4. The lowest BCUT2D eigenvalue weighted by Gasteiger charge is -2.23. The molecule has 0 unspecified atom stereocenters. The van der Waals surface area contributed by atoms with Gasteiger partial charge in [0.25, 0.3) is 0 Å². The molecule has 4 aromatic heterocycles. The zero-order valence-electron chi connectivity index (χ0n) is 25.0. The van der Waals surface area contributed by atoms with Crippen LogP contribution in [0.4, 0.5) is 0 Å². The summed E-state index contributed by atoms with van der Waals surface area (Å²) in [6.45, 7) is 0. The molecule has 0 aliphatic carbocycles. The van der Waals surface area contributed by atoms with Crippen molar-refractivity contribution in [3.8, 4) is 67.3 Å². The van der Waals surface area contributed by atoms with Gasteiger partial charge in [0.2, 0.25) is 0 Å². The number of fused-ring (bicyclic) bond motifs is 1. The highest BCUT2D eigenvalue weighted by atomic mass is 14.7. The van der Waals surface area contributed by atoms with E-state index in [4.69, 9.17) is 9.97 Å². The Kier molecular flexibility index (Phi) is 7.14. The van der Waals surface area contributed by atoms with E-state index in [0.29, 0.717) is 0 Å². The predicted octanol–water partition coefficient (Wildman–Crippen LogP) is 10.4. The lowest BCUT2D eigenvalue weighted by Crippen LogP contribution is -2.00. The second-order valence-electron chi connectivity index (χ2n) is 11.1. The number of benzene rings is 4. The van der Waals surface area contributed by atoms with Gasteiger partial charge in [-0.2, -0.15) is 0 Å². The highest BCUT2D eigenvalue weighted by Crippen LogP contribution is 2.50. The molecule has 0 saturated heterocycles. The molecule has 0 bridgehead atoms. The summed E-state index contributed by atoms with van der Waals surface area (Å²) in [5.41, 5.74) is 12.1. The van der Waals surface area contributed by atoms with Gasteiger partial charge < -0.3 is 0 Å². The van der Waals surface area contributed by atoms with Gasteiger partial charge in [0.15, 0.2) is 0 Å². The van der Waals surface area contributed by atoms with Gasteiger partial charge in [0.05, 0.1) is 22.8 Å². The van der Waals surface area contributed by atoms with Crippen molar-refractivity contribution in [3.63, 3.8) is 0 Å². The van der Waals surface area contributed by atoms with E-state index in [-0.39, 0.29) is 0 Å². The Bertz CT molecular complexity index is 2120. The van der Waals surface area contributed by atoms with Crippen LogP contribution in [0, 0.1) is 0 Å². The lowest BCUT2D eigenvalue weighted by molar-refractivity contribution is 1.28. The zero-order valence-corrected chi connectivity index (χ0v) is 25.0. The average Bonchev–Trinajstić information content (AvgIpc) is 3.15. The molecule has 0 radical (unpaired) electrons. The van der Waals surface area contributed by atoms with Gasteiger partial charge in [-0.25, -0.2) is 9.97 Å². The Morgan fingerprint density at radius 3 is 1.09 bits per heavy atom. The quantitative estimate of drug-likeness (QED) is 0.194. The Morgan fingerprint density at radius 1 is 0.283 bits per heavy atom. The van der Waals surface area contributed by atoms with Crippen LogP contribution in [-0.2, 0) is 0 Å². The molecule has 0 N–H and O–H groups in total. The minimum Gasteiger partial charge on any atom is -0.264 e. The highest BCUT2D eigenvalue weighted by Gasteiger charge is 2.25. The van der Waals surface area contributed by atoms with Crippen LogP contribution in [0.25, 0.3) is 78.1 Å². The van der Waals surface area contributed by atoms with Crippen molar-refractivity contribution < 1.29 is 0 Å². The van der Waals surface area contributed by atoms with Crippen molar-refractivity contribution in [1.29, 1.82) is 0 Å². The van der Waals surface area contributed by atoms with Gasteiger partial charge in [-0.05, 0) is 70.4 Å². The van der Waals surface area contributed by atoms with Crippen molar-refractivity contribution in [2.45, 2.75) is 0 Å². The van der Waals surface area contributed by atoms with E-state index in [1.54, 1.807) is 12.4 Å². The molecule has 0 saturated carbocycles. The molecule has 8 aromatic rings. The predicted molar refractivity (Wildman–Crippen MR) is 188 cm³/mol. The van der Waals surface area contributed by atoms with Crippen molar-refractivity contribution in [2.24, 2.45) is 0 Å². The van der Waals surface area contributed by atoms with Crippen molar-refractivity contribution >= 4 is 10.8 Å². The van der Waals surface area contributed by atoms with E-state index in [9.17, 15) is 0 Å². The fourth-order valence-corrected chi connectivity index (χ4v) is 6.26. The molecule has 4 aromatic carbocycles. The first kappa shape index (κ1) is 27.3. The summed E-state index contributed by atoms with van der Waals surface area (Å²) >= 11 is 0. The van der Waals surface area contributed by atoms with E-state index in [1.165, 1.54) is 0 Å². The molecule has 46 heavy (non-hydrogen) atoms. The van der Waals surface area contributed by atoms with E-state index < -0.39 is 0 Å².